The molecule has 0 spiro atoms. The molecule has 1 aromatic heterocycles. The van der Waals surface area contributed by atoms with E-state index in [1.165, 1.54) is 12.1 Å². The Hall–Kier alpha value is -2.62. The lowest BCUT2D eigenvalue weighted by atomic mass is 9.84. The van der Waals surface area contributed by atoms with Gasteiger partial charge in [0.25, 0.3) is 0 Å². The summed E-state index contributed by atoms with van der Waals surface area (Å²) in [5.74, 6) is 0.971. The molecular weight excluding hydrogens is 449 g/mol. The van der Waals surface area contributed by atoms with Gasteiger partial charge in [-0.15, -0.1) is 0 Å². The summed E-state index contributed by atoms with van der Waals surface area (Å²) in [5, 5.41) is 4.22. The van der Waals surface area contributed by atoms with Gasteiger partial charge in [-0.2, -0.15) is 18.2 Å². The van der Waals surface area contributed by atoms with Crippen LogP contribution < -0.4 is 0 Å². The minimum atomic E-state index is -4.39. The zero-order chi connectivity index (χ0) is 24.3. The third-order valence-corrected chi connectivity index (χ3v) is 6.68. The molecule has 2 amide bonds. The van der Waals surface area contributed by atoms with Crippen molar-refractivity contribution in [3.05, 3.63) is 47.1 Å². The van der Waals surface area contributed by atoms with Crippen LogP contribution in [-0.2, 0) is 10.9 Å². The maximum absolute atomic E-state index is 13.3. The molecule has 3 atom stereocenters. The third-order valence-electron chi connectivity index (χ3n) is 6.68. The second-order valence-corrected chi connectivity index (χ2v) is 9.22. The molecule has 3 heterocycles. The highest BCUT2D eigenvalue weighted by Crippen LogP contribution is 2.37. The molecule has 186 valence electrons. The Labute approximate surface area is 197 Å². The highest BCUT2D eigenvalue weighted by Gasteiger charge is 2.37. The van der Waals surface area contributed by atoms with Gasteiger partial charge in [0.15, 0.2) is 5.82 Å². The Morgan fingerprint density at radius 2 is 1.79 bits per heavy atom. The van der Waals surface area contributed by atoms with E-state index in [0.29, 0.717) is 57.5 Å². The largest absolute Gasteiger partial charge is 0.416 e. The van der Waals surface area contributed by atoms with Crippen LogP contribution in [-0.4, -0.2) is 65.4 Å². The maximum Gasteiger partial charge on any atom is 0.416 e. The molecule has 3 unspecified atom stereocenters. The average molecular weight is 481 g/mol. The number of piperidine rings is 1. The summed E-state index contributed by atoms with van der Waals surface area (Å²) in [7, 11) is 0. The molecule has 1 aromatic carbocycles. The first kappa shape index (κ1) is 24.5. The quantitative estimate of drug-likeness (QED) is 0.601. The third kappa shape index (κ3) is 5.54. The number of carbonyl (C=O) groups excluding carboxylic acids is 1. The summed E-state index contributed by atoms with van der Waals surface area (Å²) in [4.78, 5) is 21.4. The van der Waals surface area contributed by atoms with Crippen molar-refractivity contribution in [2.75, 3.05) is 39.4 Å². The van der Waals surface area contributed by atoms with Gasteiger partial charge in [-0.05, 0) is 30.5 Å². The SMILES string of the molecule is CCCC(C)c1nc(C2CC(c3ccc(C(F)(F)F)cc3)CN(C(=O)N3CCOCC3)C2)no1. The molecule has 0 saturated carbocycles. The summed E-state index contributed by atoms with van der Waals surface area (Å²) in [6.07, 6.45) is -1.83. The number of aromatic nitrogens is 2. The van der Waals surface area contributed by atoms with Gasteiger partial charge in [0.05, 0.1) is 18.8 Å². The average Bonchev–Trinajstić information content (AvgIpc) is 3.34. The van der Waals surface area contributed by atoms with Gasteiger partial charge in [-0.1, -0.05) is 37.6 Å². The van der Waals surface area contributed by atoms with E-state index < -0.39 is 11.7 Å². The van der Waals surface area contributed by atoms with Crippen LogP contribution >= 0.6 is 0 Å². The molecular formula is C24H31F3N4O3. The summed E-state index contributed by atoms with van der Waals surface area (Å²) < 4.78 is 50.0. The van der Waals surface area contributed by atoms with Crippen LogP contribution in [0, 0.1) is 0 Å². The van der Waals surface area contributed by atoms with Gasteiger partial charge in [0.2, 0.25) is 5.89 Å². The second kappa shape index (κ2) is 10.3. The van der Waals surface area contributed by atoms with E-state index in [2.05, 4.69) is 17.1 Å². The molecule has 0 radical (unpaired) electrons. The van der Waals surface area contributed by atoms with Crippen molar-refractivity contribution in [2.45, 2.75) is 57.0 Å². The fraction of sp³-hybridized carbons (Fsp3) is 0.625. The lowest BCUT2D eigenvalue weighted by molar-refractivity contribution is -0.137. The van der Waals surface area contributed by atoms with E-state index in [4.69, 9.17) is 9.26 Å². The Morgan fingerprint density at radius 3 is 2.44 bits per heavy atom. The van der Waals surface area contributed by atoms with Gasteiger partial charge in [-0.3, -0.25) is 0 Å². The number of nitrogens with zero attached hydrogens (tertiary/aromatic N) is 4. The van der Waals surface area contributed by atoms with E-state index in [9.17, 15) is 18.0 Å². The number of likely N-dealkylation sites (tertiary alicyclic amines) is 1. The molecule has 2 fully saturated rings. The minimum Gasteiger partial charge on any atom is -0.378 e. The molecule has 2 saturated heterocycles. The van der Waals surface area contributed by atoms with Crippen LogP contribution in [0.15, 0.2) is 28.8 Å². The van der Waals surface area contributed by atoms with Crippen LogP contribution in [0.3, 0.4) is 0 Å². The zero-order valence-corrected chi connectivity index (χ0v) is 19.6. The first-order valence-corrected chi connectivity index (χ1v) is 11.9. The van der Waals surface area contributed by atoms with Crippen LogP contribution in [0.25, 0.3) is 0 Å². The van der Waals surface area contributed by atoms with Gasteiger partial charge < -0.3 is 19.1 Å². The molecule has 0 bridgehead atoms. The molecule has 0 N–H and O–H groups in total. The summed E-state index contributed by atoms with van der Waals surface area (Å²) in [6.45, 7) is 7.03. The van der Waals surface area contributed by atoms with Crippen molar-refractivity contribution in [1.82, 2.24) is 19.9 Å². The minimum absolute atomic E-state index is 0.0898. The molecule has 2 aromatic rings. The van der Waals surface area contributed by atoms with Crippen molar-refractivity contribution in [3.63, 3.8) is 0 Å². The molecule has 10 heteroatoms. The number of alkyl halides is 3. The number of hydrogen-bond acceptors (Lipinski definition) is 5. The molecule has 7 nitrogen and oxygen atoms in total. The first-order chi connectivity index (χ1) is 16.3. The van der Waals surface area contributed by atoms with Crippen molar-refractivity contribution >= 4 is 6.03 Å². The van der Waals surface area contributed by atoms with Crippen LogP contribution in [0.2, 0.25) is 0 Å². The van der Waals surface area contributed by atoms with Crippen LogP contribution in [0.1, 0.15) is 73.7 Å². The first-order valence-electron chi connectivity index (χ1n) is 11.9. The summed E-state index contributed by atoms with van der Waals surface area (Å²) in [6, 6.07) is 5.14. The lowest BCUT2D eigenvalue weighted by Gasteiger charge is -2.40. The molecule has 4 rings (SSSR count). The Kier molecular flexibility index (Phi) is 7.45. The number of carbonyl (C=O) groups is 1. The monoisotopic (exact) mass is 480 g/mol. The molecule has 34 heavy (non-hydrogen) atoms. The van der Waals surface area contributed by atoms with Crippen LogP contribution in [0.4, 0.5) is 18.0 Å². The van der Waals surface area contributed by atoms with E-state index in [-0.39, 0.29) is 23.8 Å². The Balaban J connectivity index is 1.58. The van der Waals surface area contributed by atoms with E-state index in [1.807, 2.05) is 6.92 Å². The van der Waals surface area contributed by atoms with Gasteiger partial charge in [0, 0.05) is 43.9 Å². The number of morpholine rings is 1. The number of benzene rings is 1. The summed E-state index contributed by atoms with van der Waals surface area (Å²) >= 11 is 0. The molecule has 2 aliphatic heterocycles. The predicted molar refractivity (Wildman–Crippen MR) is 119 cm³/mol. The lowest BCUT2D eigenvalue weighted by Crippen LogP contribution is -2.52. The molecule has 0 aliphatic carbocycles. The number of rotatable bonds is 5. The van der Waals surface area contributed by atoms with Gasteiger partial charge >= 0.3 is 12.2 Å². The number of hydrogen-bond donors (Lipinski definition) is 0. The van der Waals surface area contributed by atoms with Gasteiger partial charge in [-0.25, -0.2) is 4.79 Å². The fourth-order valence-electron chi connectivity index (χ4n) is 4.75. The van der Waals surface area contributed by atoms with Crippen LogP contribution in [0.5, 0.6) is 0 Å². The summed E-state index contributed by atoms with van der Waals surface area (Å²) in [5.41, 5.74) is 0.0816. The van der Waals surface area contributed by atoms with Crippen molar-refractivity contribution in [1.29, 1.82) is 0 Å². The van der Waals surface area contributed by atoms with Crippen molar-refractivity contribution in [3.8, 4) is 0 Å². The Bertz CT molecular complexity index is 957. The van der Waals surface area contributed by atoms with E-state index in [1.54, 1.807) is 9.80 Å². The van der Waals surface area contributed by atoms with Crippen molar-refractivity contribution < 1.29 is 27.2 Å². The number of ether oxygens (including phenoxy) is 1. The highest BCUT2D eigenvalue weighted by atomic mass is 19.4. The number of urea groups is 1. The molecule has 2 aliphatic rings. The Morgan fingerprint density at radius 1 is 1.12 bits per heavy atom. The van der Waals surface area contributed by atoms with E-state index >= 15 is 0 Å². The topological polar surface area (TPSA) is 71.7 Å². The predicted octanol–water partition coefficient (Wildman–Crippen LogP) is 5.02. The fourth-order valence-corrected chi connectivity index (χ4v) is 4.75. The zero-order valence-electron chi connectivity index (χ0n) is 19.6. The number of amides is 2. The van der Waals surface area contributed by atoms with E-state index in [0.717, 1.165) is 30.5 Å². The van der Waals surface area contributed by atoms with Crippen molar-refractivity contribution in [2.24, 2.45) is 0 Å². The standard InChI is InChI=1S/C24H31F3N4O3/c1-3-4-16(2)22-28-21(29-34-22)19-13-18(17-5-7-20(8-6-17)24(25,26)27)14-31(15-19)23(32)30-9-11-33-12-10-30/h5-8,16,18-19H,3-4,9-15H2,1-2H3. The maximum atomic E-state index is 13.3. The highest BCUT2D eigenvalue weighted by molar-refractivity contribution is 5.75. The van der Waals surface area contributed by atoms with Gasteiger partial charge in [0.1, 0.15) is 0 Å². The number of halogens is 3. The normalized spacial score (nSPS) is 22.6. The second-order valence-electron chi connectivity index (χ2n) is 9.22. The smallest absolute Gasteiger partial charge is 0.378 e.